The maximum absolute atomic E-state index is 11.0. The van der Waals surface area contributed by atoms with Gasteiger partial charge in [0.25, 0.3) is 0 Å². The molecule has 21 heavy (non-hydrogen) atoms. The van der Waals surface area contributed by atoms with Gasteiger partial charge in [0.05, 0.1) is 5.54 Å². The van der Waals surface area contributed by atoms with E-state index in [9.17, 15) is 4.79 Å². The summed E-state index contributed by atoms with van der Waals surface area (Å²) in [4.78, 5) is 11.0. The van der Waals surface area contributed by atoms with Crippen LogP contribution in [0.25, 0.3) is 0 Å². The molecule has 0 bridgehead atoms. The van der Waals surface area contributed by atoms with E-state index in [1.165, 1.54) is 11.1 Å². The fourth-order valence-electron chi connectivity index (χ4n) is 2.64. The van der Waals surface area contributed by atoms with E-state index in [1.54, 1.807) is 0 Å². The van der Waals surface area contributed by atoms with E-state index in [-0.39, 0.29) is 0 Å². The molecule has 0 aromatic heterocycles. The van der Waals surface area contributed by atoms with Gasteiger partial charge in [0.15, 0.2) is 0 Å². The molecule has 0 aliphatic carbocycles. The maximum Gasteiger partial charge on any atom is 0.405 e. The van der Waals surface area contributed by atoms with E-state index in [1.807, 2.05) is 13.8 Å². The number of rotatable bonds is 6. The molecular formula is C18H29NO2. The van der Waals surface area contributed by atoms with Crippen LogP contribution in [0.5, 0.6) is 0 Å². The predicted octanol–water partition coefficient (Wildman–Crippen LogP) is 4.59. The average Bonchev–Trinajstić information content (AvgIpc) is 2.24. The van der Waals surface area contributed by atoms with Crippen molar-refractivity contribution in [3.05, 3.63) is 34.9 Å². The van der Waals surface area contributed by atoms with E-state index < -0.39 is 11.6 Å². The van der Waals surface area contributed by atoms with Crippen molar-refractivity contribution in [3.8, 4) is 0 Å². The highest BCUT2D eigenvalue weighted by Crippen LogP contribution is 2.25. The van der Waals surface area contributed by atoms with Crippen LogP contribution in [-0.4, -0.2) is 11.2 Å². The van der Waals surface area contributed by atoms with Crippen molar-refractivity contribution in [1.82, 2.24) is 5.32 Å². The summed E-state index contributed by atoms with van der Waals surface area (Å²) in [6.45, 7) is 12.6. The number of hydrogen-bond donors (Lipinski definition) is 2. The van der Waals surface area contributed by atoms with Crippen LogP contribution in [0, 0.1) is 11.8 Å². The molecule has 3 heteroatoms. The second-order valence-electron chi connectivity index (χ2n) is 7.29. The predicted molar refractivity (Wildman–Crippen MR) is 87.7 cm³/mol. The summed E-state index contributed by atoms with van der Waals surface area (Å²) in [6, 6.07) is 6.54. The zero-order chi connectivity index (χ0) is 16.2. The van der Waals surface area contributed by atoms with Crippen molar-refractivity contribution in [3.63, 3.8) is 0 Å². The quantitative estimate of drug-likeness (QED) is 0.805. The SMILES string of the molecule is CC(C)Cc1cc(CC(C)C)cc(C(C)(C)NC(=O)O)c1. The average molecular weight is 291 g/mol. The van der Waals surface area contributed by atoms with E-state index in [2.05, 4.69) is 51.2 Å². The lowest BCUT2D eigenvalue weighted by atomic mass is 9.87. The van der Waals surface area contributed by atoms with Crippen LogP contribution in [0.3, 0.4) is 0 Å². The van der Waals surface area contributed by atoms with E-state index in [4.69, 9.17) is 5.11 Å². The molecule has 1 aromatic carbocycles. The molecule has 0 atom stereocenters. The molecular weight excluding hydrogens is 262 g/mol. The molecule has 0 heterocycles. The van der Waals surface area contributed by atoms with Gasteiger partial charge < -0.3 is 10.4 Å². The zero-order valence-corrected chi connectivity index (χ0v) is 14.2. The first-order chi connectivity index (χ1) is 9.60. The molecule has 0 saturated carbocycles. The summed E-state index contributed by atoms with van der Waals surface area (Å²) in [5.41, 5.74) is 3.04. The molecule has 0 spiro atoms. The van der Waals surface area contributed by atoms with Gasteiger partial charge >= 0.3 is 6.09 Å². The summed E-state index contributed by atoms with van der Waals surface area (Å²) < 4.78 is 0. The van der Waals surface area contributed by atoms with Crippen LogP contribution < -0.4 is 5.32 Å². The van der Waals surface area contributed by atoms with Gasteiger partial charge in [-0.3, -0.25) is 0 Å². The van der Waals surface area contributed by atoms with Gasteiger partial charge in [-0.2, -0.15) is 0 Å². The molecule has 0 aliphatic heterocycles. The van der Waals surface area contributed by atoms with Crippen LogP contribution >= 0.6 is 0 Å². The van der Waals surface area contributed by atoms with Gasteiger partial charge in [-0.1, -0.05) is 45.9 Å². The van der Waals surface area contributed by atoms with E-state index >= 15 is 0 Å². The molecule has 0 saturated heterocycles. The Bertz CT molecular complexity index is 462. The van der Waals surface area contributed by atoms with Crippen molar-refractivity contribution in [1.29, 1.82) is 0 Å². The first-order valence-electron chi connectivity index (χ1n) is 7.74. The lowest BCUT2D eigenvalue weighted by Gasteiger charge is -2.27. The molecule has 0 radical (unpaired) electrons. The van der Waals surface area contributed by atoms with Crippen LogP contribution in [0.15, 0.2) is 18.2 Å². The number of benzene rings is 1. The fourth-order valence-corrected chi connectivity index (χ4v) is 2.64. The highest BCUT2D eigenvalue weighted by atomic mass is 16.4. The van der Waals surface area contributed by atoms with Crippen molar-refractivity contribution in [2.75, 3.05) is 0 Å². The minimum Gasteiger partial charge on any atom is -0.465 e. The minimum absolute atomic E-state index is 0.579. The Morgan fingerprint density at radius 2 is 1.48 bits per heavy atom. The Kier molecular flexibility index (Phi) is 5.82. The van der Waals surface area contributed by atoms with Crippen molar-refractivity contribution in [2.45, 2.75) is 59.9 Å². The molecule has 1 aromatic rings. The lowest BCUT2D eigenvalue weighted by Crippen LogP contribution is -2.40. The monoisotopic (exact) mass is 291 g/mol. The van der Waals surface area contributed by atoms with E-state index in [0.717, 1.165) is 18.4 Å². The molecule has 0 unspecified atom stereocenters. The fraction of sp³-hybridized carbons (Fsp3) is 0.611. The van der Waals surface area contributed by atoms with Crippen molar-refractivity contribution in [2.24, 2.45) is 11.8 Å². The highest BCUT2D eigenvalue weighted by molar-refractivity contribution is 5.66. The largest absolute Gasteiger partial charge is 0.465 e. The molecule has 0 fully saturated rings. The smallest absolute Gasteiger partial charge is 0.405 e. The summed E-state index contributed by atoms with van der Waals surface area (Å²) in [7, 11) is 0. The number of carboxylic acid groups (broad SMARTS) is 1. The van der Waals surface area contributed by atoms with Gasteiger partial charge in [-0.05, 0) is 55.2 Å². The molecule has 1 amide bonds. The minimum atomic E-state index is -0.986. The zero-order valence-electron chi connectivity index (χ0n) is 14.2. The topological polar surface area (TPSA) is 49.3 Å². The summed E-state index contributed by atoms with van der Waals surface area (Å²) >= 11 is 0. The molecule has 0 aliphatic rings. The Morgan fingerprint density at radius 1 is 1.05 bits per heavy atom. The molecule has 3 nitrogen and oxygen atoms in total. The Hall–Kier alpha value is -1.51. The van der Waals surface area contributed by atoms with Gasteiger partial charge in [0, 0.05) is 0 Å². The summed E-state index contributed by atoms with van der Waals surface area (Å²) in [5, 5.41) is 11.6. The number of amides is 1. The highest BCUT2D eigenvalue weighted by Gasteiger charge is 2.23. The molecule has 1 rings (SSSR count). The maximum atomic E-state index is 11.0. The first kappa shape index (κ1) is 17.5. The van der Waals surface area contributed by atoms with Crippen LogP contribution in [0.4, 0.5) is 4.79 Å². The second-order valence-corrected chi connectivity index (χ2v) is 7.29. The van der Waals surface area contributed by atoms with Gasteiger partial charge in [-0.25, -0.2) is 4.79 Å². The standard InChI is InChI=1S/C18H29NO2/c1-12(2)7-14-9-15(8-13(3)4)11-16(10-14)18(5,6)19-17(20)21/h9-13,19H,7-8H2,1-6H3,(H,20,21). The third-order valence-corrected chi connectivity index (χ3v) is 3.48. The van der Waals surface area contributed by atoms with Crippen LogP contribution in [-0.2, 0) is 18.4 Å². The number of hydrogen-bond acceptors (Lipinski definition) is 1. The lowest BCUT2D eigenvalue weighted by molar-refractivity contribution is 0.182. The van der Waals surface area contributed by atoms with Crippen molar-refractivity contribution >= 4 is 6.09 Å². The Balaban J connectivity index is 3.19. The second kappa shape index (κ2) is 6.97. The van der Waals surface area contributed by atoms with Crippen molar-refractivity contribution < 1.29 is 9.90 Å². The van der Waals surface area contributed by atoms with Gasteiger partial charge in [0.2, 0.25) is 0 Å². The number of nitrogens with one attached hydrogen (secondary N) is 1. The summed E-state index contributed by atoms with van der Waals surface area (Å²) in [6.07, 6.45) is 1.05. The summed E-state index contributed by atoms with van der Waals surface area (Å²) in [5.74, 6) is 1.17. The third-order valence-electron chi connectivity index (χ3n) is 3.48. The number of carbonyl (C=O) groups is 1. The van der Waals surface area contributed by atoms with Crippen LogP contribution in [0.1, 0.15) is 58.2 Å². The third kappa shape index (κ3) is 5.78. The van der Waals surface area contributed by atoms with Gasteiger partial charge in [0.1, 0.15) is 0 Å². The Labute approximate surface area is 128 Å². The van der Waals surface area contributed by atoms with Gasteiger partial charge in [-0.15, -0.1) is 0 Å². The normalized spacial score (nSPS) is 12.0. The van der Waals surface area contributed by atoms with Crippen LogP contribution in [0.2, 0.25) is 0 Å². The first-order valence-corrected chi connectivity index (χ1v) is 7.74. The molecule has 2 N–H and O–H groups in total. The molecule has 118 valence electrons. The Morgan fingerprint density at radius 3 is 1.81 bits per heavy atom. The van der Waals surface area contributed by atoms with E-state index in [0.29, 0.717) is 11.8 Å².